The monoisotopic (exact) mass is 405 g/mol. The van der Waals surface area contributed by atoms with Crippen LogP contribution in [-0.4, -0.2) is 31.5 Å². The van der Waals surface area contributed by atoms with Gasteiger partial charge in [0, 0.05) is 0 Å². The highest BCUT2D eigenvalue weighted by atomic mass is 79.9. The summed E-state index contributed by atoms with van der Waals surface area (Å²) in [5.41, 5.74) is -0.215. The van der Waals surface area contributed by atoms with Gasteiger partial charge < -0.3 is 9.47 Å². The number of carbonyl (C=O) groups is 1. The van der Waals surface area contributed by atoms with Crippen molar-refractivity contribution >= 4 is 32.0 Å². The van der Waals surface area contributed by atoms with Gasteiger partial charge in [0.15, 0.2) is 0 Å². The maximum Gasteiger partial charge on any atom is 0.424 e. The highest BCUT2D eigenvalue weighted by molar-refractivity contribution is 9.13. The van der Waals surface area contributed by atoms with Crippen LogP contribution in [0.5, 0.6) is 5.75 Å². The van der Waals surface area contributed by atoms with E-state index in [0.717, 1.165) is 0 Å². The van der Waals surface area contributed by atoms with Crippen molar-refractivity contribution in [2.45, 2.75) is 32.9 Å². The highest BCUT2D eigenvalue weighted by Crippen LogP contribution is 2.23. The van der Waals surface area contributed by atoms with Crippen LogP contribution in [0.2, 0.25) is 0 Å². The van der Waals surface area contributed by atoms with Gasteiger partial charge in [-0.1, -0.05) is 18.7 Å². The van der Waals surface area contributed by atoms with Gasteiger partial charge in [0.1, 0.15) is 15.2 Å². The topological polar surface area (TPSA) is 72.9 Å². The van der Waals surface area contributed by atoms with E-state index in [4.69, 9.17) is 9.47 Å². The van der Waals surface area contributed by atoms with E-state index in [0.29, 0.717) is 15.6 Å². The predicted octanol–water partition coefficient (Wildman–Crippen LogP) is 3.63. The third-order valence-corrected chi connectivity index (χ3v) is 5.30. The van der Waals surface area contributed by atoms with E-state index in [1.165, 1.54) is 7.11 Å². The van der Waals surface area contributed by atoms with Gasteiger partial charge in [0.2, 0.25) is 0 Å². The van der Waals surface area contributed by atoms with E-state index >= 15 is 0 Å². The summed E-state index contributed by atoms with van der Waals surface area (Å²) in [4.78, 5) is 12.3. The number of carbonyl (C=O) groups excluding carboxylic acids is 1. The minimum Gasteiger partial charge on any atom is -0.497 e. The summed E-state index contributed by atoms with van der Waals surface area (Å²) in [5, 5.41) is 0. The molecule has 6 nitrogen and oxygen atoms in total. The molecule has 1 aromatic rings. The summed E-state index contributed by atoms with van der Waals surface area (Å²) in [6, 6.07) is 6.70. The van der Waals surface area contributed by atoms with Gasteiger partial charge in [-0.2, -0.15) is 4.31 Å². The molecule has 0 saturated carbocycles. The smallest absolute Gasteiger partial charge is 0.424 e. The molecule has 0 spiro atoms. The van der Waals surface area contributed by atoms with E-state index in [-0.39, 0.29) is 10.4 Å². The first-order valence-electron chi connectivity index (χ1n) is 6.70. The lowest BCUT2D eigenvalue weighted by atomic mass is 10.2. The third-order valence-electron chi connectivity index (χ3n) is 2.65. The fraction of sp³-hybridized carbons (Fsp3) is 0.400. The molecule has 0 aliphatic heterocycles. The molecule has 0 aromatic heterocycles. The summed E-state index contributed by atoms with van der Waals surface area (Å²) in [6.45, 7) is 8.16. The molecule has 23 heavy (non-hydrogen) atoms. The van der Waals surface area contributed by atoms with Crippen molar-refractivity contribution in [3.8, 4) is 5.75 Å². The molecule has 0 aliphatic carbocycles. The first-order chi connectivity index (χ1) is 10.5. The molecule has 8 heteroatoms. The molecule has 0 N–H and O–H groups in total. The number of benzene rings is 1. The zero-order valence-corrected chi connectivity index (χ0v) is 15.9. The Hall–Kier alpha value is -1.54. The van der Waals surface area contributed by atoms with Gasteiger partial charge in [-0.3, -0.25) is 0 Å². The number of sulfonamides is 1. The fourth-order valence-corrected chi connectivity index (χ4v) is 2.89. The summed E-state index contributed by atoms with van der Waals surface area (Å²) in [5.74, 6) is 0.630. The molecule has 0 radical (unpaired) electrons. The quantitative estimate of drug-likeness (QED) is 0.747. The molecule has 0 heterocycles. The number of amides is 1. The number of rotatable bonds is 5. The van der Waals surface area contributed by atoms with Crippen LogP contribution < -0.4 is 4.74 Å². The van der Waals surface area contributed by atoms with E-state index in [1.54, 1.807) is 45.0 Å². The number of methoxy groups -OCH3 is 1. The van der Waals surface area contributed by atoms with Crippen molar-refractivity contribution in [1.82, 2.24) is 4.31 Å². The van der Waals surface area contributed by atoms with Crippen molar-refractivity contribution in [2.24, 2.45) is 0 Å². The summed E-state index contributed by atoms with van der Waals surface area (Å²) in [7, 11) is -2.55. The fourth-order valence-electron chi connectivity index (χ4n) is 1.58. The average molecular weight is 406 g/mol. The van der Waals surface area contributed by atoms with Crippen molar-refractivity contribution in [1.29, 1.82) is 0 Å². The number of nitrogens with zero attached hydrogens (tertiary/aromatic N) is 1. The molecule has 0 saturated heterocycles. The summed E-state index contributed by atoms with van der Waals surface area (Å²) >= 11 is 2.83. The van der Waals surface area contributed by atoms with E-state index in [2.05, 4.69) is 22.5 Å². The van der Waals surface area contributed by atoms with Gasteiger partial charge in [0.05, 0.1) is 13.7 Å². The highest BCUT2D eigenvalue weighted by Gasteiger charge is 2.33. The second-order valence-electron chi connectivity index (χ2n) is 5.70. The average Bonchev–Trinajstić information content (AvgIpc) is 2.43. The normalized spacial score (nSPS) is 11.7. The molecule has 0 fully saturated rings. The first kappa shape index (κ1) is 19.5. The van der Waals surface area contributed by atoms with Crippen molar-refractivity contribution in [3.05, 3.63) is 40.2 Å². The van der Waals surface area contributed by atoms with Gasteiger partial charge >= 0.3 is 6.09 Å². The van der Waals surface area contributed by atoms with E-state index in [9.17, 15) is 13.2 Å². The van der Waals surface area contributed by atoms with Crippen LogP contribution in [0.25, 0.3) is 0 Å². The van der Waals surface area contributed by atoms with Gasteiger partial charge in [-0.15, -0.1) is 0 Å². The van der Waals surface area contributed by atoms with Crippen LogP contribution in [0.4, 0.5) is 4.79 Å². The zero-order valence-electron chi connectivity index (χ0n) is 13.5. The number of hydrogen-bond acceptors (Lipinski definition) is 5. The van der Waals surface area contributed by atoms with Crippen LogP contribution in [-0.2, 0) is 21.3 Å². The molecular formula is C15H20BrNO5S. The molecule has 1 rings (SSSR count). The third kappa shape index (κ3) is 5.54. The first-order valence-corrected chi connectivity index (χ1v) is 8.94. The van der Waals surface area contributed by atoms with Crippen molar-refractivity contribution in [2.75, 3.05) is 7.11 Å². The van der Waals surface area contributed by atoms with Crippen LogP contribution >= 0.6 is 15.9 Å². The second kappa shape index (κ2) is 7.35. The lowest BCUT2D eigenvalue weighted by Gasteiger charge is -2.26. The minimum atomic E-state index is -4.07. The molecule has 1 aromatic carbocycles. The Morgan fingerprint density at radius 2 is 1.78 bits per heavy atom. The van der Waals surface area contributed by atoms with Crippen LogP contribution in [0.1, 0.15) is 26.3 Å². The van der Waals surface area contributed by atoms with Crippen LogP contribution in [0, 0.1) is 0 Å². The summed E-state index contributed by atoms with van der Waals surface area (Å²) < 4.78 is 35.2. The van der Waals surface area contributed by atoms with Crippen molar-refractivity contribution in [3.63, 3.8) is 0 Å². The Morgan fingerprint density at radius 3 is 2.17 bits per heavy atom. The Kier molecular flexibility index (Phi) is 6.24. The molecule has 0 unspecified atom stereocenters. The predicted molar refractivity (Wildman–Crippen MR) is 91.8 cm³/mol. The second-order valence-corrected chi connectivity index (χ2v) is 9.06. The summed E-state index contributed by atoms with van der Waals surface area (Å²) in [6.07, 6.45) is -0.964. The molecular weight excluding hydrogens is 386 g/mol. The number of halogens is 1. The van der Waals surface area contributed by atoms with Gasteiger partial charge in [0.25, 0.3) is 10.0 Å². The minimum absolute atomic E-state index is 0.175. The Labute approximate surface area is 145 Å². The Balaban J connectivity index is 3.13. The largest absolute Gasteiger partial charge is 0.497 e. The number of ether oxygens (including phenoxy) is 2. The zero-order chi connectivity index (χ0) is 17.8. The van der Waals surface area contributed by atoms with E-state index < -0.39 is 21.7 Å². The van der Waals surface area contributed by atoms with Gasteiger partial charge in [-0.25, -0.2) is 13.2 Å². The Morgan fingerprint density at radius 1 is 1.26 bits per heavy atom. The molecule has 128 valence electrons. The number of hydrogen-bond donors (Lipinski definition) is 0. The molecule has 0 bridgehead atoms. The van der Waals surface area contributed by atoms with Crippen molar-refractivity contribution < 1.29 is 22.7 Å². The lowest BCUT2D eigenvalue weighted by Crippen LogP contribution is -2.40. The molecule has 1 amide bonds. The molecule has 0 aliphatic rings. The SMILES string of the molecule is C=C(Br)S(=O)(=O)N(Cc1ccc(OC)cc1)C(=O)OC(C)(C)C. The van der Waals surface area contributed by atoms with E-state index in [1.807, 2.05) is 0 Å². The Bertz CT molecular complexity index is 677. The van der Waals surface area contributed by atoms with Gasteiger partial charge in [-0.05, 0) is 54.4 Å². The standard InChI is InChI=1S/C15H20BrNO5S/c1-11(16)23(19,20)17(14(18)22-15(2,3)4)10-12-6-8-13(21-5)9-7-12/h6-9H,1,10H2,2-5H3. The maximum atomic E-state index is 12.3. The van der Waals surface area contributed by atoms with Crippen LogP contribution in [0.15, 0.2) is 34.7 Å². The maximum absolute atomic E-state index is 12.3. The lowest BCUT2D eigenvalue weighted by molar-refractivity contribution is 0.0383. The molecule has 0 atom stereocenters. The van der Waals surface area contributed by atoms with Crippen LogP contribution in [0.3, 0.4) is 0 Å².